The molecule has 0 radical (unpaired) electrons. The lowest BCUT2D eigenvalue weighted by atomic mass is 9.92. The standard InChI is InChI=1S/C25H25N3O2S/c1-17(29)28-15-12-18-6-2-3-7-20(18)22(28)16-24(30)27-13-10-19(11-14-27)25-26-21-8-4-5-9-23(21)31-25/h2-9,12,15,19,22H,10-11,13-14,16H2,1H3/t22-/m0/s1. The van der Waals surface area contributed by atoms with Gasteiger partial charge in [0, 0.05) is 32.1 Å². The van der Waals surface area contributed by atoms with E-state index < -0.39 is 0 Å². The molecule has 2 aromatic carbocycles. The van der Waals surface area contributed by atoms with Crippen molar-refractivity contribution in [3.05, 3.63) is 70.9 Å². The van der Waals surface area contributed by atoms with Crippen LogP contribution in [0.5, 0.6) is 0 Å². The Bertz CT molecular complexity index is 1130. The first-order valence-corrected chi connectivity index (χ1v) is 11.6. The molecule has 31 heavy (non-hydrogen) atoms. The molecule has 158 valence electrons. The Labute approximate surface area is 186 Å². The van der Waals surface area contributed by atoms with Crippen molar-refractivity contribution in [1.29, 1.82) is 0 Å². The summed E-state index contributed by atoms with van der Waals surface area (Å²) in [5.41, 5.74) is 3.18. The normalized spacial score (nSPS) is 18.9. The van der Waals surface area contributed by atoms with Gasteiger partial charge in [0.2, 0.25) is 11.8 Å². The number of likely N-dealkylation sites (tertiary alicyclic amines) is 1. The van der Waals surface area contributed by atoms with E-state index in [1.807, 2.05) is 47.5 Å². The van der Waals surface area contributed by atoms with Gasteiger partial charge in [-0.15, -0.1) is 11.3 Å². The molecule has 2 aliphatic rings. The van der Waals surface area contributed by atoms with E-state index in [1.54, 1.807) is 23.2 Å². The third kappa shape index (κ3) is 3.88. The highest BCUT2D eigenvalue weighted by Gasteiger charge is 2.32. The molecule has 5 rings (SSSR count). The van der Waals surface area contributed by atoms with E-state index >= 15 is 0 Å². The first kappa shape index (κ1) is 19.9. The Morgan fingerprint density at radius 2 is 1.81 bits per heavy atom. The van der Waals surface area contributed by atoms with E-state index in [0.717, 1.165) is 42.6 Å². The molecule has 5 nitrogen and oxygen atoms in total. The largest absolute Gasteiger partial charge is 0.343 e. The average molecular weight is 432 g/mol. The summed E-state index contributed by atoms with van der Waals surface area (Å²) in [6.07, 6.45) is 5.93. The predicted molar refractivity (Wildman–Crippen MR) is 124 cm³/mol. The van der Waals surface area contributed by atoms with Gasteiger partial charge in [-0.05, 0) is 42.2 Å². The zero-order chi connectivity index (χ0) is 21.4. The number of piperidine rings is 1. The maximum absolute atomic E-state index is 13.2. The van der Waals surface area contributed by atoms with Gasteiger partial charge in [-0.3, -0.25) is 9.59 Å². The Morgan fingerprint density at radius 3 is 2.58 bits per heavy atom. The van der Waals surface area contributed by atoms with Crippen LogP contribution in [0.1, 0.15) is 54.3 Å². The predicted octanol–water partition coefficient (Wildman–Crippen LogP) is 4.97. The second-order valence-electron chi connectivity index (χ2n) is 8.27. The minimum absolute atomic E-state index is 0.0434. The van der Waals surface area contributed by atoms with Crippen molar-refractivity contribution in [1.82, 2.24) is 14.8 Å². The van der Waals surface area contributed by atoms with E-state index in [2.05, 4.69) is 18.2 Å². The van der Waals surface area contributed by atoms with E-state index in [1.165, 1.54) is 9.71 Å². The van der Waals surface area contributed by atoms with Gasteiger partial charge in [0.15, 0.2) is 0 Å². The summed E-state index contributed by atoms with van der Waals surface area (Å²) in [4.78, 5) is 33.8. The number of benzene rings is 2. The number of aromatic nitrogens is 1. The van der Waals surface area contributed by atoms with Gasteiger partial charge in [0.05, 0.1) is 27.7 Å². The summed E-state index contributed by atoms with van der Waals surface area (Å²) in [7, 11) is 0. The zero-order valence-corrected chi connectivity index (χ0v) is 18.3. The summed E-state index contributed by atoms with van der Waals surface area (Å²) in [5.74, 6) is 0.482. The lowest BCUT2D eigenvalue weighted by Gasteiger charge is -2.36. The van der Waals surface area contributed by atoms with Crippen molar-refractivity contribution >= 4 is 39.4 Å². The molecule has 3 heterocycles. The van der Waals surface area contributed by atoms with Crippen molar-refractivity contribution in [3.63, 3.8) is 0 Å². The van der Waals surface area contributed by atoms with Gasteiger partial charge in [-0.2, -0.15) is 0 Å². The highest BCUT2D eigenvalue weighted by atomic mass is 32.1. The fourth-order valence-corrected chi connectivity index (χ4v) is 5.78. The fourth-order valence-electron chi connectivity index (χ4n) is 4.65. The molecule has 1 aromatic heterocycles. The van der Waals surface area contributed by atoms with Gasteiger partial charge >= 0.3 is 0 Å². The smallest absolute Gasteiger partial charge is 0.225 e. The highest BCUT2D eigenvalue weighted by molar-refractivity contribution is 7.18. The third-order valence-electron chi connectivity index (χ3n) is 6.34. The molecule has 6 heteroatoms. The molecule has 3 aromatic rings. The van der Waals surface area contributed by atoms with Crippen molar-refractivity contribution in [2.75, 3.05) is 13.1 Å². The van der Waals surface area contributed by atoms with Crippen LogP contribution < -0.4 is 0 Å². The number of carbonyl (C=O) groups excluding carboxylic acids is 2. The molecule has 1 saturated heterocycles. The van der Waals surface area contributed by atoms with Crippen LogP contribution in [-0.2, 0) is 9.59 Å². The molecule has 0 spiro atoms. The van der Waals surface area contributed by atoms with Crippen LogP contribution in [0.2, 0.25) is 0 Å². The maximum atomic E-state index is 13.2. The first-order chi connectivity index (χ1) is 15.1. The van der Waals surface area contributed by atoms with Crippen LogP contribution in [0.15, 0.2) is 54.7 Å². The Balaban J connectivity index is 1.27. The van der Waals surface area contributed by atoms with Crippen molar-refractivity contribution < 1.29 is 9.59 Å². The number of thiazole rings is 1. The quantitative estimate of drug-likeness (QED) is 0.589. The summed E-state index contributed by atoms with van der Waals surface area (Å²) >= 11 is 1.77. The summed E-state index contributed by atoms with van der Waals surface area (Å²) < 4.78 is 1.23. The van der Waals surface area contributed by atoms with E-state index in [9.17, 15) is 9.59 Å². The van der Waals surface area contributed by atoms with Gasteiger partial charge in [0.25, 0.3) is 0 Å². The number of hydrogen-bond acceptors (Lipinski definition) is 4. The minimum atomic E-state index is -0.242. The topological polar surface area (TPSA) is 53.5 Å². The number of carbonyl (C=O) groups is 2. The molecular formula is C25H25N3O2S. The zero-order valence-electron chi connectivity index (χ0n) is 17.5. The van der Waals surface area contributed by atoms with E-state index in [-0.39, 0.29) is 17.9 Å². The molecule has 1 atom stereocenters. The Morgan fingerprint density at radius 1 is 1.06 bits per heavy atom. The van der Waals surface area contributed by atoms with Gasteiger partial charge in [-0.1, -0.05) is 36.4 Å². The van der Waals surface area contributed by atoms with Crippen LogP contribution in [0.4, 0.5) is 0 Å². The first-order valence-electron chi connectivity index (χ1n) is 10.8. The third-order valence-corrected chi connectivity index (χ3v) is 7.54. The summed E-state index contributed by atoms with van der Waals surface area (Å²) in [6.45, 7) is 3.03. The second kappa shape index (κ2) is 8.27. The van der Waals surface area contributed by atoms with Gasteiger partial charge in [-0.25, -0.2) is 4.98 Å². The summed E-state index contributed by atoms with van der Waals surface area (Å²) in [5, 5.41) is 1.18. The molecule has 0 unspecified atom stereocenters. The van der Waals surface area contributed by atoms with Crippen molar-refractivity contribution in [2.24, 2.45) is 0 Å². The van der Waals surface area contributed by atoms with Crippen molar-refractivity contribution in [3.8, 4) is 0 Å². The van der Waals surface area contributed by atoms with Crippen LogP contribution in [0, 0.1) is 0 Å². The van der Waals surface area contributed by atoms with Crippen molar-refractivity contribution in [2.45, 2.75) is 38.1 Å². The second-order valence-corrected chi connectivity index (χ2v) is 9.33. The number of amides is 2. The molecule has 1 fully saturated rings. The Hall–Kier alpha value is -2.99. The molecule has 2 aliphatic heterocycles. The minimum Gasteiger partial charge on any atom is -0.343 e. The molecular weight excluding hydrogens is 406 g/mol. The van der Waals surface area contributed by atoms with E-state index in [0.29, 0.717) is 12.3 Å². The summed E-state index contributed by atoms with van der Waals surface area (Å²) in [6, 6.07) is 16.0. The van der Waals surface area contributed by atoms with Crippen LogP contribution in [0.3, 0.4) is 0 Å². The Kier molecular flexibility index (Phi) is 5.32. The molecule has 2 amide bonds. The molecule has 0 bridgehead atoms. The maximum Gasteiger partial charge on any atom is 0.225 e. The molecule has 0 saturated carbocycles. The van der Waals surface area contributed by atoms with Crippen LogP contribution in [0.25, 0.3) is 16.3 Å². The average Bonchev–Trinajstić information content (AvgIpc) is 3.23. The fraction of sp³-hybridized carbons (Fsp3) is 0.320. The number of fused-ring (bicyclic) bond motifs is 2. The van der Waals surface area contributed by atoms with Crippen LogP contribution >= 0.6 is 11.3 Å². The highest BCUT2D eigenvalue weighted by Crippen LogP contribution is 2.36. The molecule has 0 aliphatic carbocycles. The number of para-hydroxylation sites is 1. The SMILES string of the molecule is CC(=O)N1C=Cc2ccccc2[C@@H]1CC(=O)N1CCC(c2nc3ccccc3s2)CC1. The van der Waals surface area contributed by atoms with Gasteiger partial charge < -0.3 is 9.80 Å². The monoisotopic (exact) mass is 431 g/mol. The van der Waals surface area contributed by atoms with Crippen LogP contribution in [-0.4, -0.2) is 39.7 Å². The number of rotatable bonds is 3. The van der Waals surface area contributed by atoms with Gasteiger partial charge in [0.1, 0.15) is 0 Å². The number of nitrogens with zero attached hydrogens (tertiary/aromatic N) is 3. The number of hydrogen-bond donors (Lipinski definition) is 0. The lowest BCUT2D eigenvalue weighted by molar-refractivity contribution is -0.135. The lowest BCUT2D eigenvalue weighted by Crippen LogP contribution is -2.41. The van der Waals surface area contributed by atoms with E-state index in [4.69, 9.17) is 4.98 Å². The molecule has 0 N–H and O–H groups in total.